The van der Waals surface area contributed by atoms with Gasteiger partial charge in [-0.15, -0.1) is 0 Å². The van der Waals surface area contributed by atoms with E-state index in [1.54, 1.807) is 0 Å². The van der Waals surface area contributed by atoms with Crippen molar-refractivity contribution < 1.29 is 0 Å². The van der Waals surface area contributed by atoms with Crippen LogP contribution in [0, 0.1) is 0 Å². The Bertz CT molecular complexity index is 154. The molecule has 0 amide bonds. The van der Waals surface area contributed by atoms with Gasteiger partial charge >= 0.3 is 0 Å². The minimum atomic E-state index is 0.653. The van der Waals surface area contributed by atoms with Crippen LogP contribution in [0.4, 0.5) is 0 Å². The normalized spacial score (nSPS) is 11.2. The van der Waals surface area contributed by atoms with E-state index in [4.69, 9.17) is 5.73 Å². The van der Waals surface area contributed by atoms with E-state index in [0.717, 1.165) is 0 Å². The summed E-state index contributed by atoms with van der Waals surface area (Å²) in [6.45, 7) is 7.57. The summed E-state index contributed by atoms with van der Waals surface area (Å²) >= 11 is 0. The molecule has 0 heterocycles. The zero-order valence-electron chi connectivity index (χ0n) is 12.0. The maximum Gasteiger partial charge on any atom is 0.0172 e. The Morgan fingerprint density at radius 1 is 0.824 bits per heavy atom. The Labute approximate surface area is 108 Å². The van der Waals surface area contributed by atoms with Crippen molar-refractivity contribution in [1.82, 2.24) is 4.90 Å². The second kappa shape index (κ2) is 13.6. The van der Waals surface area contributed by atoms with Gasteiger partial charge in [0.1, 0.15) is 0 Å². The molecule has 17 heavy (non-hydrogen) atoms. The molecule has 0 atom stereocenters. The van der Waals surface area contributed by atoms with Gasteiger partial charge in [0.25, 0.3) is 0 Å². The monoisotopic (exact) mass is 240 g/mol. The molecule has 0 saturated carbocycles. The van der Waals surface area contributed by atoms with E-state index in [-0.39, 0.29) is 0 Å². The van der Waals surface area contributed by atoms with Crippen molar-refractivity contribution in [3.05, 3.63) is 12.3 Å². The van der Waals surface area contributed by atoms with E-state index in [0.29, 0.717) is 6.54 Å². The Morgan fingerprint density at radius 2 is 1.35 bits per heavy atom. The Balaban J connectivity index is 3.68. The van der Waals surface area contributed by atoms with Crippen LogP contribution in [0.25, 0.3) is 0 Å². The van der Waals surface area contributed by atoms with Gasteiger partial charge in [-0.2, -0.15) is 0 Å². The molecule has 2 nitrogen and oxygen atoms in total. The minimum absolute atomic E-state index is 0.653. The molecule has 0 saturated heterocycles. The number of hydrogen-bond donors (Lipinski definition) is 1. The predicted molar refractivity (Wildman–Crippen MR) is 78.1 cm³/mol. The van der Waals surface area contributed by atoms with Crippen molar-refractivity contribution in [2.45, 2.75) is 65.2 Å². The summed E-state index contributed by atoms with van der Waals surface area (Å²) in [5.41, 5.74) is 5.52. The molecule has 2 heteroatoms. The lowest BCUT2D eigenvalue weighted by atomic mass is 10.2. The summed E-state index contributed by atoms with van der Waals surface area (Å²) in [5, 5.41) is 0. The zero-order valence-corrected chi connectivity index (χ0v) is 12.0. The molecular weight excluding hydrogens is 208 g/mol. The van der Waals surface area contributed by atoms with Crippen LogP contribution in [-0.2, 0) is 0 Å². The van der Waals surface area contributed by atoms with Crippen LogP contribution in [0.3, 0.4) is 0 Å². The average Bonchev–Trinajstić information content (AvgIpc) is 2.35. The van der Waals surface area contributed by atoms with Crippen LogP contribution in [0.2, 0.25) is 0 Å². The predicted octanol–water partition coefficient (Wildman–Crippen LogP) is 3.92. The molecule has 0 aromatic heterocycles. The van der Waals surface area contributed by atoms with Gasteiger partial charge in [-0.05, 0) is 19.0 Å². The first-order valence-electron chi connectivity index (χ1n) is 7.45. The van der Waals surface area contributed by atoms with Crippen molar-refractivity contribution in [3.8, 4) is 0 Å². The zero-order chi connectivity index (χ0) is 12.8. The lowest BCUT2D eigenvalue weighted by Crippen LogP contribution is -2.20. The highest BCUT2D eigenvalue weighted by Gasteiger charge is 1.98. The van der Waals surface area contributed by atoms with Crippen LogP contribution in [0.5, 0.6) is 0 Å². The maximum absolute atomic E-state index is 5.52. The lowest BCUT2D eigenvalue weighted by Gasteiger charge is -2.20. The molecule has 0 unspecified atom stereocenters. The van der Waals surface area contributed by atoms with Crippen LogP contribution in [0.1, 0.15) is 65.2 Å². The van der Waals surface area contributed by atoms with Gasteiger partial charge in [0.05, 0.1) is 0 Å². The largest absolute Gasteiger partial charge is 0.378 e. The van der Waals surface area contributed by atoms with Crippen molar-refractivity contribution in [1.29, 1.82) is 0 Å². The number of unbranched alkanes of at least 4 members (excludes halogenated alkanes) is 6. The molecule has 0 aliphatic rings. The van der Waals surface area contributed by atoms with Crippen LogP contribution in [-0.4, -0.2) is 24.5 Å². The van der Waals surface area contributed by atoms with Crippen molar-refractivity contribution in [2.75, 3.05) is 19.6 Å². The van der Waals surface area contributed by atoms with Gasteiger partial charge in [-0.25, -0.2) is 0 Å². The second-order valence-electron chi connectivity index (χ2n) is 4.78. The third-order valence-corrected chi connectivity index (χ3v) is 3.05. The smallest absolute Gasteiger partial charge is 0.0172 e. The molecule has 0 spiro atoms. The molecule has 0 fully saturated rings. The SMILES string of the molecule is CCCCCCN(C=CCN)CCCCCC. The number of nitrogens with zero attached hydrogens (tertiary/aromatic N) is 1. The summed E-state index contributed by atoms with van der Waals surface area (Å²) in [6, 6.07) is 0. The van der Waals surface area contributed by atoms with Gasteiger partial charge < -0.3 is 10.6 Å². The van der Waals surface area contributed by atoms with E-state index in [1.165, 1.54) is 64.5 Å². The number of hydrogen-bond acceptors (Lipinski definition) is 2. The Kier molecular flexibility index (Phi) is 13.2. The molecule has 0 aliphatic heterocycles. The molecule has 0 bridgehead atoms. The van der Waals surface area contributed by atoms with E-state index in [1.807, 2.05) is 0 Å². The maximum atomic E-state index is 5.52. The van der Waals surface area contributed by atoms with E-state index in [9.17, 15) is 0 Å². The van der Waals surface area contributed by atoms with E-state index >= 15 is 0 Å². The lowest BCUT2D eigenvalue weighted by molar-refractivity contribution is 0.350. The van der Waals surface area contributed by atoms with Crippen LogP contribution >= 0.6 is 0 Å². The molecule has 2 N–H and O–H groups in total. The third-order valence-electron chi connectivity index (χ3n) is 3.05. The topological polar surface area (TPSA) is 29.3 Å². The molecule has 102 valence electrons. The second-order valence-corrected chi connectivity index (χ2v) is 4.78. The van der Waals surface area contributed by atoms with Crippen molar-refractivity contribution in [2.24, 2.45) is 5.73 Å². The Hall–Kier alpha value is -0.500. The fourth-order valence-corrected chi connectivity index (χ4v) is 1.95. The molecule has 0 aliphatic carbocycles. The summed E-state index contributed by atoms with van der Waals surface area (Å²) in [5.74, 6) is 0. The van der Waals surface area contributed by atoms with Gasteiger partial charge in [-0.1, -0.05) is 58.4 Å². The molecule has 0 radical (unpaired) electrons. The summed E-state index contributed by atoms with van der Waals surface area (Å²) in [4.78, 5) is 2.44. The first-order valence-corrected chi connectivity index (χ1v) is 7.45. The minimum Gasteiger partial charge on any atom is -0.378 e. The third kappa shape index (κ3) is 11.8. The van der Waals surface area contributed by atoms with Gasteiger partial charge in [-0.3, -0.25) is 0 Å². The van der Waals surface area contributed by atoms with Gasteiger partial charge in [0, 0.05) is 19.6 Å². The molecule has 0 aromatic rings. The highest BCUT2D eigenvalue weighted by molar-refractivity contribution is 4.83. The first kappa shape index (κ1) is 16.5. The fourth-order valence-electron chi connectivity index (χ4n) is 1.95. The molecule has 0 aromatic carbocycles. The van der Waals surface area contributed by atoms with Crippen molar-refractivity contribution >= 4 is 0 Å². The highest BCUT2D eigenvalue weighted by atomic mass is 15.1. The summed E-state index contributed by atoms with van der Waals surface area (Å²) in [7, 11) is 0. The van der Waals surface area contributed by atoms with E-state index < -0.39 is 0 Å². The number of nitrogens with two attached hydrogens (primary N) is 1. The Morgan fingerprint density at radius 3 is 1.76 bits per heavy atom. The van der Waals surface area contributed by atoms with Crippen LogP contribution < -0.4 is 5.73 Å². The summed E-state index contributed by atoms with van der Waals surface area (Å²) in [6.07, 6.45) is 15.0. The quantitative estimate of drug-likeness (QED) is 0.524. The standard InChI is InChI=1S/C15H32N2/c1-3-5-7-9-13-17(15-11-12-16)14-10-8-6-4-2/h11,15H,3-10,12-14,16H2,1-2H3. The fraction of sp³-hybridized carbons (Fsp3) is 0.867. The summed E-state index contributed by atoms with van der Waals surface area (Å²) < 4.78 is 0. The van der Waals surface area contributed by atoms with Gasteiger partial charge in [0.15, 0.2) is 0 Å². The van der Waals surface area contributed by atoms with Crippen LogP contribution in [0.15, 0.2) is 12.3 Å². The first-order chi connectivity index (χ1) is 8.35. The van der Waals surface area contributed by atoms with Gasteiger partial charge in [0.2, 0.25) is 0 Å². The van der Waals surface area contributed by atoms with E-state index in [2.05, 4.69) is 31.0 Å². The molecular formula is C15H32N2. The van der Waals surface area contributed by atoms with Crippen molar-refractivity contribution in [3.63, 3.8) is 0 Å². The highest BCUT2D eigenvalue weighted by Crippen LogP contribution is 2.05. The molecule has 0 rings (SSSR count). The number of rotatable bonds is 12. The average molecular weight is 240 g/mol.